The molecule has 3 atom stereocenters. The largest absolute Gasteiger partial charge is 0.467 e. The van der Waals surface area contributed by atoms with Crippen LogP contribution < -0.4 is 5.32 Å². The number of nitrogens with one attached hydrogen (secondary N) is 1. The number of likely N-dealkylation sites (tertiary alicyclic amines) is 1. The number of allylic oxidation sites excluding steroid dienone is 1. The molecule has 0 bridgehead atoms. The van der Waals surface area contributed by atoms with Crippen LogP contribution >= 0.6 is 0 Å². The first kappa shape index (κ1) is 25.3. The van der Waals surface area contributed by atoms with E-state index >= 15 is 0 Å². The number of fused-ring (bicyclic) bond motifs is 1. The number of nitrogens with zero attached hydrogens (tertiary/aromatic N) is 1. The summed E-state index contributed by atoms with van der Waals surface area (Å²) in [5.74, 6) is -0.836. The zero-order chi connectivity index (χ0) is 24.9. The van der Waals surface area contributed by atoms with Crippen molar-refractivity contribution in [1.29, 1.82) is 0 Å². The molecule has 1 aliphatic rings. The van der Waals surface area contributed by atoms with Crippen molar-refractivity contribution in [3.8, 4) is 0 Å². The van der Waals surface area contributed by atoms with Crippen molar-refractivity contribution in [3.05, 3.63) is 60.7 Å². The van der Waals surface area contributed by atoms with Crippen LogP contribution in [0.4, 0.5) is 4.79 Å². The summed E-state index contributed by atoms with van der Waals surface area (Å²) in [7, 11) is 1.30. The second-order valence-corrected chi connectivity index (χ2v) is 9.74. The summed E-state index contributed by atoms with van der Waals surface area (Å²) < 4.78 is 10.5. The molecule has 0 radical (unpaired) electrons. The number of methoxy groups -OCH3 is 1. The van der Waals surface area contributed by atoms with Gasteiger partial charge in [-0.3, -0.25) is 9.69 Å². The molecule has 1 heterocycles. The van der Waals surface area contributed by atoms with E-state index in [9.17, 15) is 14.4 Å². The molecule has 1 aliphatic heterocycles. The Morgan fingerprint density at radius 1 is 1.18 bits per heavy atom. The quantitative estimate of drug-likeness (QED) is 0.487. The molecule has 2 amide bonds. The van der Waals surface area contributed by atoms with Crippen molar-refractivity contribution in [2.45, 2.75) is 57.7 Å². The first-order valence-electron chi connectivity index (χ1n) is 11.6. The van der Waals surface area contributed by atoms with E-state index in [0.717, 1.165) is 16.3 Å². The fourth-order valence-corrected chi connectivity index (χ4v) is 4.31. The number of benzene rings is 2. The molecule has 0 saturated carbocycles. The van der Waals surface area contributed by atoms with Crippen molar-refractivity contribution in [2.24, 2.45) is 5.92 Å². The van der Waals surface area contributed by atoms with Gasteiger partial charge in [-0.15, -0.1) is 6.58 Å². The Balaban J connectivity index is 1.78. The van der Waals surface area contributed by atoms with E-state index < -0.39 is 35.7 Å². The molecule has 1 fully saturated rings. The van der Waals surface area contributed by atoms with Crippen molar-refractivity contribution < 1.29 is 23.9 Å². The summed E-state index contributed by atoms with van der Waals surface area (Å²) in [6, 6.07) is 12.3. The van der Waals surface area contributed by atoms with Crippen LogP contribution in [0.25, 0.3) is 10.8 Å². The lowest BCUT2D eigenvalue weighted by molar-refractivity contribution is -0.145. The third-order valence-electron chi connectivity index (χ3n) is 5.87. The van der Waals surface area contributed by atoms with Crippen LogP contribution in [0, 0.1) is 5.92 Å². The number of rotatable bonds is 7. The van der Waals surface area contributed by atoms with Crippen LogP contribution in [0.3, 0.4) is 0 Å². The fourth-order valence-electron chi connectivity index (χ4n) is 4.31. The molecule has 34 heavy (non-hydrogen) atoms. The number of carbonyl (C=O) groups excluding carboxylic acids is 3. The lowest BCUT2D eigenvalue weighted by atomic mass is 10.00. The smallest absolute Gasteiger partial charge is 0.410 e. The lowest BCUT2D eigenvalue weighted by Gasteiger charge is -2.29. The standard InChI is InChI=1S/C27H34N2O5/c1-6-9-19-16-23(29(17-19)26(32)34-27(2,3)4)24(30)28-22(25(31)33-5)15-18-12-13-20-10-7-8-11-21(20)14-18/h6-8,10-14,19,22-23H,1,9,15-17H2,2-5H3,(H,28,30)/t19-,22?,23-/m0/s1. The van der Waals surface area contributed by atoms with Crippen molar-refractivity contribution in [1.82, 2.24) is 10.2 Å². The second-order valence-electron chi connectivity index (χ2n) is 9.74. The van der Waals surface area contributed by atoms with Crippen molar-refractivity contribution >= 4 is 28.7 Å². The molecule has 7 nitrogen and oxygen atoms in total. The van der Waals surface area contributed by atoms with Gasteiger partial charge in [-0.1, -0.05) is 48.5 Å². The van der Waals surface area contributed by atoms with Gasteiger partial charge in [-0.2, -0.15) is 0 Å². The maximum atomic E-state index is 13.3. The number of esters is 1. The Morgan fingerprint density at radius 2 is 1.88 bits per heavy atom. The van der Waals surface area contributed by atoms with Crippen molar-refractivity contribution in [3.63, 3.8) is 0 Å². The van der Waals surface area contributed by atoms with Crippen molar-refractivity contribution in [2.75, 3.05) is 13.7 Å². The van der Waals surface area contributed by atoms with Crippen LogP contribution in [0.5, 0.6) is 0 Å². The monoisotopic (exact) mass is 466 g/mol. The van der Waals surface area contributed by atoms with E-state index in [1.807, 2.05) is 42.5 Å². The highest BCUT2D eigenvalue weighted by Gasteiger charge is 2.42. The minimum absolute atomic E-state index is 0.0952. The summed E-state index contributed by atoms with van der Waals surface area (Å²) in [6.07, 6.45) is 2.68. The number of ether oxygens (including phenoxy) is 2. The molecule has 2 aromatic carbocycles. The van der Waals surface area contributed by atoms with Gasteiger partial charge >= 0.3 is 12.1 Å². The van der Waals surface area contributed by atoms with Crippen LogP contribution in [-0.4, -0.2) is 54.2 Å². The topological polar surface area (TPSA) is 84.9 Å². The van der Waals surface area contributed by atoms with E-state index in [-0.39, 0.29) is 12.3 Å². The van der Waals surface area contributed by atoms with E-state index in [4.69, 9.17) is 9.47 Å². The number of hydrogen-bond donors (Lipinski definition) is 1. The maximum absolute atomic E-state index is 13.3. The lowest BCUT2D eigenvalue weighted by Crippen LogP contribution is -2.52. The first-order valence-corrected chi connectivity index (χ1v) is 11.6. The number of hydrogen-bond acceptors (Lipinski definition) is 5. The average Bonchev–Trinajstić information content (AvgIpc) is 3.21. The Bertz CT molecular complexity index is 1060. The van der Waals surface area contributed by atoms with Gasteiger partial charge in [0.15, 0.2) is 0 Å². The molecule has 0 aliphatic carbocycles. The van der Waals surface area contributed by atoms with E-state index in [0.29, 0.717) is 19.4 Å². The van der Waals surface area contributed by atoms with Gasteiger partial charge in [0.25, 0.3) is 0 Å². The fraction of sp³-hybridized carbons (Fsp3) is 0.444. The molecule has 1 saturated heterocycles. The van der Waals surface area contributed by atoms with E-state index in [1.54, 1.807) is 26.8 Å². The second kappa shape index (κ2) is 10.7. The molecule has 3 rings (SSSR count). The maximum Gasteiger partial charge on any atom is 0.410 e. The SMILES string of the molecule is C=CC[C@H]1C[C@@H](C(=O)NC(Cc2ccc3ccccc3c2)C(=O)OC)N(C(=O)OC(C)(C)C)C1. The van der Waals surface area contributed by atoms with Gasteiger partial charge < -0.3 is 14.8 Å². The van der Waals surface area contributed by atoms with Gasteiger partial charge in [-0.05, 0) is 55.9 Å². The van der Waals surface area contributed by atoms with Gasteiger partial charge in [0.05, 0.1) is 7.11 Å². The Kier molecular flexibility index (Phi) is 7.97. The van der Waals surface area contributed by atoms with Crippen LogP contribution in [-0.2, 0) is 25.5 Å². The van der Waals surface area contributed by atoms with Gasteiger partial charge in [0.2, 0.25) is 5.91 Å². The summed E-state index contributed by atoms with van der Waals surface area (Å²) in [6.45, 7) is 9.53. The minimum atomic E-state index is -0.877. The molecule has 7 heteroatoms. The molecule has 0 aromatic heterocycles. The van der Waals surface area contributed by atoms with Gasteiger partial charge in [0.1, 0.15) is 17.7 Å². The average molecular weight is 467 g/mol. The third-order valence-corrected chi connectivity index (χ3v) is 5.87. The normalized spacial score (nSPS) is 18.9. The van der Waals surface area contributed by atoms with Gasteiger partial charge in [-0.25, -0.2) is 9.59 Å². The summed E-state index contributed by atoms with van der Waals surface area (Å²) in [5.41, 5.74) is 0.216. The third kappa shape index (κ3) is 6.37. The Labute approximate surface area is 201 Å². The number of amides is 2. The van der Waals surface area contributed by atoms with E-state index in [2.05, 4.69) is 11.9 Å². The van der Waals surface area contributed by atoms with Crippen LogP contribution in [0.15, 0.2) is 55.1 Å². The highest BCUT2D eigenvalue weighted by molar-refractivity contribution is 5.90. The van der Waals surface area contributed by atoms with Crippen LogP contribution in [0.1, 0.15) is 39.2 Å². The minimum Gasteiger partial charge on any atom is -0.467 e. The highest BCUT2D eigenvalue weighted by Crippen LogP contribution is 2.28. The molecule has 0 spiro atoms. The van der Waals surface area contributed by atoms with Gasteiger partial charge in [0, 0.05) is 13.0 Å². The molecular weight excluding hydrogens is 432 g/mol. The Hall–Kier alpha value is -3.35. The molecule has 2 aromatic rings. The zero-order valence-corrected chi connectivity index (χ0v) is 20.4. The summed E-state index contributed by atoms with van der Waals surface area (Å²) in [4.78, 5) is 40.1. The zero-order valence-electron chi connectivity index (χ0n) is 20.4. The predicted octanol–water partition coefficient (Wildman–Crippen LogP) is 4.24. The number of carbonyl (C=O) groups is 3. The molecular formula is C27H34N2O5. The molecule has 182 valence electrons. The van der Waals surface area contributed by atoms with Crippen LogP contribution in [0.2, 0.25) is 0 Å². The Morgan fingerprint density at radius 3 is 2.53 bits per heavy atom. The first-order chi connectivity index (χ1) is 16.1. The predicted molar refractivity (Wildman–Crippen MR) is 131 cm³/mol. The summed E-state index contributed by atoms with van der Waals surface area (Å²) >= 11 is 0. The molecule has 1 unspecified atom stereocenters. The van der Waals surface area contributed by atoms with E-state index in [1.165, 1.54) is 12.0 Å². The highest BCUT2D eigenvalue weighted by atomic mass is 16.6. The summed E-state index contributed by atoms with van der Waals surface area (Å²) in [5, 5.41) is 4.97. The molecule has 1 N–H and O–H groups in total.